The summed E-state index contributed by atoms with van der Waals surface area (Å²) in [6, 6.07) is 13.0. The lowest BCUT2D eigenvalue weighted by Gasteiger charge is -2.29. The molecule has 0 aromatic heterocycles. The summed E-state index contributed by atoms with van der Waals surface area (Å²) in [4.78, 5) is 27.6. The van der Waals surface area contributed by atoms with Crippen molar-refractivity contribution in [2.24, 2.45) is 0 Å². The van der Waals surface area contributed by atoms with Crippen molar-refractivity contribution in [2.45, 2.75) is 59.5 Å². The summed E-state index contributed by atoms with van der Waals surface area (Å²) in [6.45, 7) is 9.71. The second-order valence-electron chi connectivity index (χ2n) is 7.76. The van der Waals surface area contributed by atoms with Crippen molar-refractivity contribution in [3.05, 3.63) is 58.1 Å². The van der Waals surface area contributed by atoms with Crippen molar-refractivity contribution in [2.75, 3.05) is 19.8 Å². The van der Waals surface area contributed by atoms with E-state index in [1.54, 1.807) is 11.8 Å². The first-order chi connectivity index (χ1) is 15.9. The average molecular weight is 519 g/mol. The number of rotatable bonds is 13. The Kier molecular flexibility index (Phi) is 11.2. The summed E-state index contributed by atoms with van der Waals surface area (Å²) >= 11 is 3.44. The number of hydrogen-bond acceptors (Lipinski definition) is 4. The van der Waals surface area contributed by atoms with E-state index in [2.05, 4.69) is 21.2 Å². The fraction of sp³-hybridized carbons (Fsp3) is 0.462. The lowest BCUT2D eigenvalue weighted by atomic mass is 10.1. The van der Waals surface area contributed by atoms with Gasteiger partial charge in [-0.3, -0.25) is 9.59 Å². The molecule has 0 unspecified atom stereocenters. The van der Waals surface area contributed by atoms with Crippen molar-refractivity contribution in [1.29, 1.82) is 0 Å². The maximum Gasteiger partial charge on any atom is 0.242 e. The fourth-order valence-corrected chi connectivity index (χ4v) is 3.68. The van der Waals surface area contributed by atoms with Crippen molar-refractivity contribution >= 4 is 27.7 Å². The van der Waals surface area contributed by atoms with Gasteiger partial charge in [0.2, 0.25) is 11.8 Å². The topological polar surface area (TPSA) is 67.9 Å². The van der Waals surface area contributed by atoms with E-state index in [4.69, 9.17) is 9.47 Å². The number of carbonyl (C=O) groups is 2. The van der Waals surface area contributed by atoms with Crippen LogP contribution in [0.5, 0.6) is 11.5 Å². The van der Waals surface area contributed by atoms with Gasteiger partial charge in [-0.15, -0.1) is 0 Å². The van der Waals surface area contributed by atoms with Gasteiger partial charge in [-0.25, -0.2) is 0 Å². The highest BCUT2D eigenvalue weighted by atomic mass is 79.9. The smallest absolute Gasteiger partial charge is 0.242 e. The number of carbonyl (C=O) groups excluding carboxylic acids is 2. The van der Waals surface area contributed by atoms with E-state index < -0.39 is 6.04 Å². The lowest BCUT2D eigenvalue weighted by molar-refractivity contribution is -0.140. The quantitative estimate of drug-likeness (QED) is 0.399. The number of amides is 2. The molecule has 0 bridgehead atoms. The van der Waals surface area contributed by atoms with E-state index in [9.17, 15) is 9.59 Å². The highest BCUT2D eigenvalue weighted by molar-refractivity contribution is 9.10. The molecule has 0 heterocycles. The van der Waals surface area contributed by atoms with E-state index >= 15 is 0 Å². The molecule has 0 fully saturated rings. The molecule has 0 saturated carbocycles. The number of aryl methyl sites for hydroxylation is 1. The first-order valence-electron chi connectivity index (χ1n) is 11.6. The third kappa shape index (κ3) is 8.39. The number of ether oxygens (including phenoxy) is 2. The molecule has 1 N–H and O–H groups in total. The summed E-state index contributed by atoms with van der Waals surface area (Å²) in [6.07, 6.45) is 1.69. The fourth-order valence-electron chi connectivity index (χ4n) is 3.41. The molecular weight excluding hydrogens is 484 g/mol. The maximum absolute atomic E-state index is 13.3. The van der Waals surface area contributed by atoms with Crippen LogP contribution in [0.3, 0.4) is 0 Å². The number of hydrogen-bond donors (Lipinski definition) is 1. The molecule has 2 aromatic rings. The Labute approximate surface area is 205 Å². The van der Waals surface area contributed by atoms with Gasteiger partial charge >= 0.3 is 0 Å². The van der Waals surface area contributed by atoms with Gasteiger partial charge in [-0.2, -0.15) is 0 Å². The van der Waals surface area contributed by atoms with Gasteiger partial charge in [0.05, 0.1) is 13.2 Å². The van der Waals surface area contributed by atoms with Gasteiger partial charge < -0.3 is 19.7 Å². The Morgan fingerprint density at radius 1 is 0.970 bits per heavy atom. The largest absolute Gasteiger partial charge is 0.490 e. The number of nitrogens with one attached hydrogen (secondary N) is 1. The standard InChI is InChI=1S/C26H35BrN2O4/c1-5-16-28-26(31)19(4)29(18-21-8-12-22(27)13-9-21)25(30)15-11-20-10-14-23(32-6-2)24(17-20)33-7-3/h8-10,12-14,17,19H,5-7,11,15-16,18H2,1-4H3,(H,28,31)/t19-/m0/s1. The third-order valence-corrected chi connectivity index (χ3v) is 5.75. The van der Waals surface area contributed by atoms with Gasteiger partial charge in [0.15, 0.2) is 11.5 Å². The predicted octanol–water partition coefficient (Wildman–Crippen LogP) is 5.12. The molecule has 0 aliphatic rings. The molecule has 0 aliphatic heterocycles. The van der Waals surface area contributed by atoms with Gasteiger partial charge in [0, 0.05) is 24.0 Å². The minimum Gasteiger partial charge on any atom is -0.490 e. The Hall–Kier alpha value is -2.54. The van der Waals surface area contributed by atoms with Crippen LogP contribution < -0.4 is 14.8 Å². The summed E-state index contributed by atoms with van der Waals surface area (Å²) in [5.41, 5.74) is 1.96. The number of nitrogens with zero attached hydrogens (tertiary/aromatic N) is 1. The van der Waals surface area contributed by atoms with E-state index in [1.165, 1.54) is 0 Å². The van der Waals surface area contributed by atoms with Gasteiger partial charge in [-0.05, 0) is 69.0 Å². The molecule has 0 aliphatic carbocycles. The van der Waals surface area contributed by atoms with Crippen molar-refractivity contribution in [1.82, 2.24) is 10.2 Å². The Morgan fingerprint density at radius 2 is 1.61 bits per heavy atom. The first kappa shape index (κ1) is 26.7. The highest BCUT2D eigenvalue weighted by Gasteiger charge is 2.25. The third-order valence-electron chi connectivity index (χ3n) is 5.22. The van der Waals surface area contributed by atoms with Crippen molar-refractivity contribution in [3.63, 3.8) is 0 Å². The van der Waals surface area contributed by atoms with Gasteiger partial charge in [-0.1, -0.05) is 41.1 Å². The van der Waals surface area contributed by atoms with Crippen LogP contribution in [0.1, 0.15) is 51.7 Å². The molecule has 7 heteroatoms. The molecule has 0 radical (unpaired) electrons. The SMILES string of the molecule is CCCNC(=O)[C@H](C)N(Cc1ccc(Br)cc1)C(=O)CCc1ccc(OCC)c(OCC)c1. The molecule has 33 heavy (non-hydrogen) atoms. The van der Waals surface area contributed by atoms with Crippen LogP contribution in [-0.4, -0.2) is 42.5 Å². The van der Waals surface area contributed by atoms with Crippen LogP contribution in [0.4, 0.5) is 0 Å². The zero-order valence-corrected chi connectivity index (χ0v) is 21.6. The van der Waals surface area contributed by atoms with Crippen LogP contribution in [0.25, 0.3) is 0 Å². The average Bonchev–Trinajstić information content (AvgIpc) is 2.81. The molecule has 2 amide bonds. The molecular formula is C26H35BrN2O4. The summed E-state index contributed by atoms with van der Waals surface area (Å²) < 4.78 is 12.3. The van der Waals surface area contributed by atoms with Crippen LogP contribution in [0.15, 0.2) is 46.9 Å². The summed E-state index contributed by atoms with van der Waals surface area (Å²) in [7, 11) is 0. The van der Waals surface area contributed by atoms with Crippen LogP contribution in [-0.2, 0) is 22.6 Å². The molecule has 1 atom stereocenters. The van der Waals surface area contributed by atoms with Crippen LogP contribution >= 0.6 is 15.9 Å². The first-order valence-corrected chi connectivity index (χ1v) is 12.4. The maximum atomic E-state index is 13.3. The van der Waals surface area contributed by atoms with E-state index in [-0.39, 0.29) is 11.8 Å². The minimum atomic E-state index is -0.563. The normalized spacial score (nSPS) is 11.5. The van der Waals surface area contributed by atoms with Gasteiger partial charge in [0.1, 0.15) is 6.04 Å². The van der Waals surface area contributed by atoms with E-state index in [0.29, 0.717) is 50.6 Å². The number of benzene rings is 2. The Morgan fingerprint density at radius 3 is 2.24 bits per heavy atom. The second kappa shape index (κ2) is 13.9. The predicted molar refractivity (Wildman–Crippen MR) is 135 cm³/mol. The Balaban J connectivity index is 2.15. The molecule has 0 spiro atoms. The zero-order valence-electron chi connectivity index (χ0n) is 20.0. The van der Waals surface area contributed by atoms with E-state index in [1.807, 2.05) is 63.2 Å². The molecule has 180 valence electrons. The van der Waals surface area contributed by atoms with E-state index in [0.717, 1.165) is 22.0 Å². The summed E-state index contributed by atoms with van der Waals surface area (Å²) in [5, 5.41) is 2.91. The van der Waals surface area contributed by atoms with Crippen LogP contribution in [0, 0.1) is 0 Å². The highest BCUT2D eigenvalue weighted by Crippen LogP contribution is 2.29. The van der Waals surface area contributed by atoms with Gasteiger partial charge in [0.25, 0.3) is 0 Å². The minimum absolute atomic E-state index is 0.0658. The molecule has 6 nitrogen and oxygen atoms in total. The van der Waals surface area contributed by atoms with Crippen LogP contribution in [0.2, 0.25) is 0 Å². The zero-order chi connectivity index (χ0) is 24.2. The molecule has 2 rings (SSSR count). The second-order valence-corrected chi connectivity index (χ2v) is 8.68. The Bertz CT molecular complexity index is 902. The monoisotopic (exact) mass is 518 g/mol. The summed E-state index contributed by atoms with van der Waals surface area (Å²) in [5.74, 6) is 1.18. The number of halogens is 1. The molecule has 0 saturated heterocycles. The lowest BCUT2D eigenvalue weighted by Crippen LogP contribution is -2.47. The van der Waals surface area contributed by atoms with Crippen molar-refractivity contribution < 1.29 is 19.1 Å². The van der Waals surface area contributed by atoms with Crippen molar-refractivity contribution in [3.8, 4) is 11.5 Å². The molecule has 2 aromatic carbocycles.